The summed E-state index contributed by atoms with van der Waals surface area (Å²) < 4.78 is 0. The van der Waals surface area contributed by atoms with Crippen LogP contribution in [0.15, 0.2) is 9.98 Å². The number of hydrogen-bond donors (Lipinski definition) is 0. The van der Waals surface area contributed by atoms with Gasteiger partial charge in [-0.15, -0.1) is 0 Å². The van der Waals surface area contributed by atoms with E-state index in [0.717, 1.165) is 12.8 Å². The maximum Gasteiger partial charge on any atom is 1.00 e. The van der Waals surface area contributed by atoms with Gasteiger partial charge in [0.2, 0.25) is 0 Å². The number of amidine groups is 1. The van der Waals surface area contributed by atoms with Crippen LogP contribution in [0.25, 0.3) is 0 Å². The topological polar surface area (TPSA) is 87.9 Å². The Morgan fingerprint density at radius 3 is 2.33 bits per heavy atom. The zero-order valence-electron chi connectivity index (χ0n) is 9.32. The Kier molecular flexibility index (Phi) is 10.5. The SMILES string of the molecule is CCCCC1C(=O)N=C([O-])N=C1[O-].[Na+].[Na+]. The number of carbonyl (C=O) groups is 1. The van der Waals surface area contributed by atoms with Gasteiger partial charge in [-0.05, 0) is 12.3 Å². The third kappa shape index (κ3) is 5.47. The van der Waals surface area contributed by atoms with E-state index in [-0.39, 0.29) is 59.1 Å². The molecule has 0 bridgehead atoms. The van der Waals surface area contributed by atoms with Gasteiger partial charge in [0.05, 0.1) is 11.9 Å². The summed E-state index contributed by atoms with van der Waals surface area (Å²) >= 11 is 0. The van der Waals surface area contributed by atoms with Crippen molar-refractivity contribution in [3.05, 3.63) is 0 Å². The second kappa shape index (κ2) is 8.73. The minimum atomic E-state index is -0.970. The molecule has 1 aliphatic heterocycles. The fourth-order valence-corrected chi connectivity index (χ4v) is 1.13. The molecule has 1 heterocycles. The van der Waals surface area contributed by atoms with Crippen LogP contribution in [0.4, 0.5) is 0 Å². The minimum absolute atomic E-state index is 0. The summed E-state index contributed by atoms with van der Waals surface area (Å²) in [6.07, 6.45) is 2.10. The normalized spacial score (nSPS) is 19.5. The van der Waals surface area contributed by atoms with Crippen molar-refractivity contribution in [1.82, 2.24) is 0 Å². The largest absolute Gasteiger partial charge is 1.00 e. The van der Waals surface area contributed by atoms with E-state index >= 15 is 0 Å². The van der Waals surface area contributed by atoms with Crippen LogP contribution >= 0.6 is 0 Å². The van der Waals surface area contributed by atoms with Crippen molar-refractivity contribution in [3.8, 4) is 0 Å². The van der Waals surface area contributed by atoms with E-state index in [0.29, 0.717) is 6.42 Å². The molecule has 1 aliphatic rings. The molecule has 0 radical (unpaired) electrons. The second-order valence-corrected chi connectivity index (χ2v) is 2.88. The van der Waals surface area contributed by atoms with Gasteiger partial charge in [-0.3, -0.25) is 9.79 Å². The Morgan fingerprint density at radius 2 is 1.87 bits per heavy atom. The first-order valence-electron chi connectivity index (χ1n) is 4.20. The van der Waals surface area contributed by atoms with E-state index < -0.39 is 23.7 Å². The van der Waals surface area contributed by atoms with Gasteiger partial charge < -0.3 is 10.2 Å². The van der Waals surface area contributed by atoms with Crippen molar-refractivity contribution in [1.29, 1.82) is 0 Å². The molecule has 0 N–H and O–H groups in total. The molecule has 0 aromatic heterocycles. The Labute approximate surface area is 133 Å². The molecule has 72 valence electrons. The van der Waals surface area contributed by atoms with E-state index in [1.165, 1.54) is 0 Å². The Morgan fingerprint density at radius 1 is 1.27 bits per heavy atom. The van der Waals surface area contributed by atoms with Gasteiger partial charge in [-0.25, -0.2) is 4.99 Å². The van der Waals surface area contributed by atoms with Gasteiger partial charge in [-0.2, -0.15) is 0 Å². The van der Waals surface area contributed by atoms with Crippen LogP contribution in [0.5, 0.6) is 0 Å². The third-order valence-electron chi connectivity index (χ3n) is 1.85. The van der Waals surface area contributed by atoms with Crippen LogP contribution in [0.1, 0.15) is 26.2 Å². The number of carbonyl (C=O) groups excluding carboxylic acids is 1. The average molecular weight is 228 g/mol. The van der Waals surface area contributed by atoms with Gasteiger partial charge in [0, 0.05) is 0 Å². The molecule has 1 unspecified atom stereocenters. The van der Waals surface area contributed by atoms with E-state index in [1.54, 1.807) is 0 Å². The van der Waals surface area contributed by atoms with Gasteiger partial charge in [0.25, 0.3) is 5.91 Å². The standard InChI is InChI=1S/C8H12N2O3.2Na/c1-2-3-4-5-6(11)9-8(13)10-7(5)12;;/h5H,2-4H2,1H3,(H2,9,10,11,12,13);;/q;2*+1/p-2. The first-order valence-corrected chi connectivity index (χ1v) is 4.20. The number of aliphatic imine (C=N–C) groups is 2. The van der Waals surface area contributed by atoms with Crippen molar-refractivity contribution in [2.75, 3.05) is 0 Å². The van der Waals surface area contributed by atoms with Gasteiger partial charge in [0.15, 0.2) is 0 Å². The average Bonchev–Trinajstić information content (AvgIpc) is 2.02. The predicted octanol–water partition coefficient (Wildman–Crippen LogP) is -7.18. The van der Waals surface area contributed by atoms with Crippen molar-refractivity contribution >= 4 is 17.8 Å². The first kappa shape index (κ1) is 18.0. The quantitative estimate of drug-likeness (QED) is 0.449. The summed E-state index contributed by atoms with van der Waals surface area (Å²) in [5, 5.41) is 21.6. The number of amides is 1. The fraction of sp³-hybridized carbons (Fsp3) is 0.625. The van der Waals surface area contributed by atoms with Crippen LogP contribution in [0.3, 0.4) is 0 Å². The fourth-order valence-electron chi connectivity index (χ4n) is 1.13. The molecule has 0 aromatic rings. The summed E-state index contributed by atoms with van der Waals surface area (Å²) in [6.45, 7) is 1.96. The molecule has 0 fully saturated rings. The van der Waals surface area contributed by atoms with Gasteiger partial charge >= 0.3 is 59.1 Å². The molecular weight excluding hydrogens is 218 g/mol. The number of hydrogen-bond acceptors (Lipinski definition) is 4. The van der Waals surface area contributed by atoms with Crippen molar-refractivity contribution < 1.29 is 74.1 Å². The Bertz CT molecular complexity index is 279. The summed E-state index contributed by atoms with van der Waals surface area (Å²) in [6, 6.07) is -0.970. The van der Waals surface area contributed by atoms with E-state index in [1.807, 2.05) is 6.92 Å². The smallest absolute Gasteiger partial charge is 0.861 e. The van der Waals surface area contributed by atoms with Crippen LogP contribution in [0, 0.1) is 5.92 Å². The number of nitrogens with zero attached hydrogens (tertiary/aromatic N) is 2. The summed E-state index contributed by atoms with van der Waals surface area (Å²) in [4.78, 5) is 17.3. The van der Waals surface area contributed by atoms with E-state index in [9.17, 15) is 15.0 Å². The molecule has 1 rings (SSSR count). The molecule has 0 saturated heterocycles. The van der Waals surface area contributed by atoms with Crippen LogP contribution in [0.2, 0.25) is 0 Å². The Hall–Kier alpha value is 0.610. The molecule has 0 saturated carbocycles. The van der Waals surface area contributed by atoms with Crippen LogP contribution < -0.4 is 69.3 Å². The molecule has 1 atom stereocenters. The van der Waals surface area contributed by atoms with E-state index in [4.69, 9.17) is 0 Å². The zero-order valence-corrected chi connectivity index (χ0v) is 13.3. The second-order valence-electron chi connectivity index (χ2n) is 2.88. The third-order valence-corrected chi connectivity index (χ3v) is 1.85. The number of rotatable bonds is 3. The Balaban J connectivity index is 0. The summed E-state index contributed by atoms with van der Waals surface area (Å²) in [5.41, 5.74) is 0. The molecule has 0 aromatic carbocycles. The van der Waals surface area contributed by atoms with Crippen LogP contribution in [-0.2, 0) is 4.79 Å². The maximum absolute atomic E-state index is 11.1. The molecular formula is C8H10N2Na2O3. The van der Waals surface area contributed by atoms with E-state index in [2.05, 4.69) is 9.98 Å². The maximum atomic E-state index is 11.1. The number of unbranched alkanes of at least 4 members (excludes halogenated alkanes) is 1. The predicted molar refractivity (Wildman–Crippen MR) is 42.9 cm³/mol. The van der Waals surface area contributed by atoms with Crippen LogP contribution in [-0.4, -0.2) is 17.8 Å². The molecule has 7 heteroatoms. The van der Waals surface area contributed by atoms with Crippen molar-refractivity contribution in [3.63, 3.8) is 0 Å². The molecule has 0 spiro atoms. The van der Waals surface area contributed by atoms with Gasteiger partial charge in [0.1, 0.15) is 0 Å². The summed E-state index contributed by atoms with van der Waals surface area (Å²) in [7, 11) is 0. The van der Waals surface area contributed by atoms with Crippen molar-refractivity contribution in [2.45, 2.75) is 26.2 Å². The van der Waals surface area contributed by atoms with Crippen molar-refractivity contribution in [2.24, 2.45) is 15.9 Å². The molecule has 0 aliphatic carbocycles. The first-order chi connectivity index (χ1) is 6.15. The molecule has 1 amide bonds. The summed E-state index contributed by atoms with van der Waals surface area (Å²) in [5.74, 6) is -2.09. The monoisotopic (exact) mass is 228 g/mol. The zero-order chi connectivity index (χ0) is 9.84. The molecule has 5 nitrogen and oxygen atoms in total. The van der Waals surface area contributed by atoms with Gasteiger partial charge in [-0.1, -0.05) is 19.8 Å². The minimum Gasteiger partial charge on any atom is -0.861 e. The molecule has 15 heavy (non-hydrogen) atoms.